The Labute approximate surface area is 111 Å². The molecule has 3 nitrogen and oxygen atoms in total. The molecule has 102 valence electrons. The van der Waals surface area contributed by atoms with Crippen molar-refractivity contribution in [3.8, 4) is 0 Å². The van der Waals surface area contributed by atoms with Crippen LogP contribution in [0.4, 0.5) is 5.82 Å². The lowest BCUT2D eigenvalue weighted by molar-refractivity contribution is 0.258. The fourth-order valence-electron chi connectivity index (χ4n) is 2.23. The van der Waals surface area contributed by atoms with Gasteiger partial charge in [-0.05, 0) is 42.9 Å². The molecule has 0 amide bonds. The van der Waals surface area contributed by atoms with E-state index in [9.17, 15) is 0 Å². The first kappa shape index (κ1) is 15.0. The first-order valence-corrected chi connectivity index (χ1v) is 6.79. The lowest BCUT2D eigenvalue weighted by atomic mass is 9.83. The van der Waals surface area contributed by atoms with Gasteiger partial charge in [-0.2, -0.15) is 0 Å². The zero-order valence-electron chi connectivity index (χ0n) is 12.4. The largest absolute Gasteiger partial charge is 0.383 e. The molecule has 0 aliphatic carbocycles. The molecule has 0 bridgehead atoms. The maximum Gasteiger partial charge on any atom is 0.126 e. The highest BCUT2D eigenvalue weighted by Crippen LogP contribution is 2.24. The minimum Gasteiger partial charge on any atom is -0.383 e. The highest BCUT2D eigenvalue weighted by molar-refractivity contribution is 5.40. The Morgan fingerprint density at radius 2 is 2.06 bits per heavy atom. The molecular formula is C15H27N3. The van der Waals surface area contributed by atoms with Crippen molar-refractivity contribution < 1.29 is 0 Å². The van der Waals surface area contributed by atoms with Gasteiger partial charge in [-0.3, -0.25) is 0 Å². The molecule has 0 saturated heterocycles. The van der Waals surface area contributed by atoms with Gasteiger partial charge in [-0.25, -0.2) is 4.98 Å². The summed E-state index contributed by atoms with van der Waals surface area (Å²) in [6.07, 6.45) is 3.90. The Morgan fingerprint density at radius 3 is 2.61 bits per heavy atom. The molecule has 1 atom stereocenters. The van der Waals surface area contributed by atoms with E-state index in [1.54, 1.807) is 0 Å². The Balaban J connectivity index is 2.70. The van der Waals surface area contributed by atoms with Gasteiger partial charge in [0.25, 0.3) is 0 Å². The SMILES string of the molecule is CCNC(CCc1cc(C)cnc1N)C(C)(C)C. The van der Waals surface area contributed by atoms with E-state index >= 15 is 0 Å². The summed E-state index contributed by atoms with van der Waals surface area (Å²) in [5.74, 6) is 0.671. The molecule has 0 aliphatic heterocycles. The van der Waals surface area contributed by atoms with Crippen molar-refractivity contribution in [2.24, 2.45) is 5.41 Å². The maximum atomic E-state index is 5.93. The Morgan fingerprint density at radius 1 is 1.39 bits per heavy atom. The quantitative estimate of drug-likeness (QED) is 0.843. The Kier molecular flexibility index (Phi) is 5.15. The summed E-state index contributed by atoms with van der Waals surface area (Å²) in [5.41, 5.74) is 8.54. The van der Waals surface area contributed by atoms with Crippen LogP contribution in [0.25, 0.3) is 0 Å². The standard InChI is InChI=1S/C15H27N3/c1-6-17-13(15(3,4)5)8-7-12-9-11(2)10-18-14(12)16/h9-10,13,17H,6-8H2,1-5H3,(H2,16,18). The van der Waals surface area contributed by atoms with E-state index in [0.717, 1.165) is 19.4 Å². The average Bonchev–Trinajstić information content (AvgIpc) is 2.27. The monoisotopic (exact) mass is 249 g/mol. The number of hydrogen-bond donors (Lipinski definition) is 2. The molecule has 1 heterocycles. The fourth-order valence-corrected chi connectivity index (χ4v) is 2.23. The number of aromatic nitrogens is 1. The summed E-state index contributed by atoms with van der Waals surface area (Å²) in [6.45, 7) is 12.0. The van der Waals surface area contributed by atoms with E-state index < -0.39 is 0 Å². The Hall–Kier alpha value is -1.09. The summed E-state index contributed by atoms with van der Waals surface area (Å²) < 4.78 is 0. The van der Waals surface area contributed by atoms with Crippen LogP contribution in [0.3, 0.4) is 0 Å². The van der Waals surface area contributed by atoms with Gasteiger partial charge in [0.05, 0.1) is 0 Å². The van der Waals surface area contributed by atoms with Crippen LogP contribution >= 0.6 is 0 Å². The number of anilines is 1. The number of pyridine rings is 1. The molecule has 0 radical (unpaired) electrons. The second-order valence-corrected chi connectivity index (χ2v) is 6.07. The van der Waals surface area contributed by atoms with Crippen molar-refractivity contribution in [2.75, 3.05) is 12.3 Å². The van der Waals surface area contributed by atoms with Crippen LogP contribution in [0.5, 0.6) is 0 Å². The number of aryl methyl sites for hydroxylation is 2. The molecule has 0 spiro atoms. The number of nitrogens with zero attached hydrogens (tertiary/aromatic N) is 1. The zero-order valence-corrected chi connectivity index (χ0v) is 12.4. The molecule has 0 saturated carbocycles. The minimum absolute atomic E-state index is 0.266. The van der Waals surface area contributed by atoms with Crippen molar-refractivity contribution in [1.29, 1.82) is 0 Å². The zero-order chi connectivity index (χ0) is 13.8. The van der Waals surface area contributed by atoms with Gasteiger partial charge in [0.15, 0.2) is 0 Å². The molecule has 0 aliphatic rings. The molecule has 3 heteroatoms. The summed E-state index contributed by atoms with van der Waals surface area (Å²) in [5, 5.41) is 3.57. The van der Waals surface area contributed by atoms with E-state index in [-0.39, 0.29) is 5.41 Å². The van der Waals surface area contributed by atoms with Gasteiger partial charge in [0.2, 0.25) is 0 Å². The number of nitrogens with one attached hydrogen (secondary N) is 1. The van der Waals surface area contributed by atoms with E-state index in [4.69, 9.17) is 5.73 Å². The maximum absolute atomic E-state index is 5.93. The summed E-state index contributed by atoms with van der Waals surface area (Å²) in [4.78, 5) is 4.22. The van der Waals surface area contributed by atoms with Gasteiger partial charge < -0.3 is 11.1 Å². The molecule has 1 rings (SSSR count). The second-order valence-electron chi connectivity index (χ2n) is 6.07. The van der Waals surface area contributed by atoms with E-state index in [1.165, 1.54) is 11.1 Å². The highest BCUT2D eigenvalue weighted by atomic mass is 14.9. The van der Waals surface area contributed by atoms with E-state index in [1.807, 2.05) is 6.20 Å². The third-order valence-electron chi connectivity index (χ3n) is 3.34. The van der Waals surface area contributed by atoms with Crippen LogP contribution in [0.15, 0.2) is 12.3 Å². The summed E-state index contributed by atoms with van der Waals surface area (Å²) >= 11 is 0. The van der Waals surface area contributed by atoms with Crippen LogP contribution in [-0.4, -0.2) is 17.6 Å². The van der Waals surface area contributed by atoms with Gasteiger partial charge in [0, 0.05) is 12.2 Å². The smallest absolute Gasteiger partial charge is 0.126 e. The minimum atomic E-state index is 0.266. The third kappa shape index (κ3) is 4.30. The van der Waals surface area contributed by atoms with Gasteiger partial charge >= 0.3 is 0 Å². The fraction of sp³-hybridized carbons (Fsp3) is 0.667. The number of hydrogen-bond acceptors (Lipinski definition) is 3. The van der Waals surface area contributed by atoms with Crippen LogP contribution in [0.1, 0.15) is 45.2 Å². The van der Waals surface area contributed by atoms with Crippen LogP contribution in [0, 0.1) is 12.3 Å². The van der Waals surface area contributed by atoms with Crippen LogP contribution in [-0.2, 0) is 6.42 Å². The molecule has 1 aromatic rings. The molecule has 1 aromatic heterocycles. The normalized spacial score (nSPS) is 13.6. The highest BCUT2D eigenvalue weighted by Gasteiger charge is 2.23. The molecule has 1 unspecified atom stereocenters. The predicted octanol–water partition coefficient (Wildman–Crippen LogP) is 2.93. The molecule has 18 heavy (non-hydrogen) atoms. The average molecular weight is 249 g/mol. The molecule has 0 fully saturated rings. The number of nitrogen functional groups attached to an aromatic ring is 1. The van der Waals surface area contributed by atoms with Crippen LogP contribution < -0.4 is 11.1 Å². The van der Waals surface area contributed by atoms with E-state index in [2.05, 4.69) is 51.0 Å². The Bertz CT molecular complexity index is 380. The predicted molar refractivity (Wildman–Crippen MR) is 78.6 cm³/mol. The first-order chi connectivity index (χ1) is 8.34. The lowest BCUT2D eigenvalue weighted by Crippen LogP contribution is -2.40. The van der Waals surface area contributed by atoms with Crippen molar-refractivity contribution in [1.82, 2.24) is 10.3 Å². The van der Waals surface area contributed by atoms with Gasteiger partial charge in [-0.1, -0.05) is 33.8 Å². The summed E-state index contributed by atoms with van der Waals surface area (Å²) in [6, 6.07) is 2.65. The molecular weight excluding hydrogens is 222 g/mol. The van der Waals surface area contributed by atoms with Gasteiger partial charge in [0.1, 0.15) is 5.82 Å². The topological polar surface area (TPSA) is 50.9 Å². The van der Waals surface area contributed by atoms with Crippen molar-refractivity contribution >= 4 is 5.82 Å². The van der Waals surface area contributed by atoms with E-state index in [0.29, 0.717) is 11.9 Å². The number of rotatable bonds is 5. The molecule has 0 aromatic carbocycles. The lowest BCUT2D eigenvalue weighted by Gasteiger charge is -2.31. The second kappa shape index (κ2) is 6.19. The third-order valence-corrected chi connectivity index (χ3v) is 3.34. The van der Waals surface area contributed by atoms with Crippen molar-refractivity contribution in [3.05, 3.63) is 23.4 Å². The van der Waals surface area contributed by atoms with Crippen molar-refractivity contribution in [3.63, 3.8) is 0 Å². The number of nitrogens with two attached hydrogens (primary N) is 1. The summed E-state index contributed by atoms with van der Waals surface area (Å²) in [7, 11) is 0. The molecule has 3 N–H and O–H groups in total. The van der Waals surface area contributed by atoms with Crippen molar-refractivity contribution in [2.45, 2.75) is 53.5 Å². The first-order valence-electron chi connectivity index (χ1n) is 6.79. The van der Waals surface area contributed by atoms with Crippen LogP contribution in [0.2, 0.25) is 0 Å². The van der Waals surface area contributed by atoms with Gasteiger partial charge in [-0.15, -0.1) is 0 Å².